The summed E-state index contributed by atoms with van der Waals surface area (Å²) in [5.41, 5.74) is 4.76. The van der Waals surface area contributed by atoms with E-state index in [1.165, 1.54) is 11.1 Å². The number of fused-ring (bicyclic) bond motifs is 1. The second-order valence-corrected chi connectivity index (χ2v) is 3.71. The number of carbonyl (C=O) groups excluding carboxylic acids is 1. The van der Waals surface area contributed by atoms with Crippen molar-refractivity contribution in [2.75, 3.05) is 0 Å². The summed E-state index contributed by atoms with van der Waals surface area (Å²) in [4.78, 5) is 11.3. The molecule has 1 aromatic rings. The molecule has 0 spiro atoms. The second-order valence-electron chi connectivity index (χ2n) is 3.71. The molecule has 1 aromatic carbocycles. The monoisotopic (exact) mass is 217 g/mol. The fraction of sp³-hybridized carbons (Fsp3) is 0.357. The highest BCUT2D eigenvalue weighted by atomic mass is 16.1. The van der Waals surface area contributed by atoms with Crippen molar-refractivity contribution >= 4 is 12.0 Å². The molecule has 1 N–H and O–H groups in total. The zero-order valence-electron chi connectivity index (χ0n) is 10.4. The van der Waals surface area contributed by atoms with Gasteiger partial charge in [0.15, 0.2) is 0 Å². The fourth-order valence-corrected chi connectivity index (χ4v) is 1.65. The molecule has 0 aliphatic carbocycles. The second kappa shape index (κ2) is 5.50. The van der Waals surface area contributed by atoms with Crippen LogP contribution in [-0.2, 0) is 11.2 Å². The van der Waals surface area contributed by atoms with Gasteiger partial charge >= 0.3 is 0 Å². The number of nitrogens with one attached hydrogen (secondary N) is 1. The first kappa shape index (κ1) is 12.5. The van der Waals surface area contributed by atoms with Gasteiger partial charge in [-0.2, -0.15) is 0 Å². The van der Waals surface area contributed by atoms with Crippen LogP contribution in [0.2, 0.25) is 0 Å². The Morgan fingerprint density at radius 2 is 1.75 bits per heavy atom. The number of hydrogen-bond acceptors (Lipinski definition) is 1. The highest BCUT2D eigenvalue weighted by Gasteiger charge is 2.10. The van der Waals surface area contributed by atoms with Gasteiger partial charge in [0.05, 0.1) is 6.42 Å². The van der Waals surface area contributed by atoms with E-state index in [2.05, 4.69) is 31.3 Å². The molecule has 2 rings (SSSR count). The molecule has 86 valence electrons. The minimum absolute atomic E-state index is 0.0586. The highest BCUT2D eigenvalue weighted by molar-refractivity contribution is 5.83. The number of benzene rings is 1. The van der Waals surface area contributed by atoms with E-state index in [4.69, 9.17) is 0 Å². The van der Waals surface area contributed by atoms with Gasteiger partial charge < -0.3 is 5.32 Å². The van der Waals surface area contributed by atoms with Crippen LogP contribution in [0.1, 0.15) is 36.1 Å². The lowest BCUT2D eigenvalue weighted by Crippen LogP contribution is -2.17. The van der Waals surface area contributed by atoms with Gasteiger partial charge in [0.2, 0.25) is 5.91 Å². The maximum Gasteiger partial charge on any atom is 0.228 e. The van der Waals surface area contributed by atoms with Crippen molar-refractivity contribution in [3.63, 3.8) is 0 Å². The molecule has 0 radical (unpaired) electrons. The Hall–Kier alpha value is -1.57. The van der Waals surface area contributed by atoms with E-state index < -0.39 is 0 Å². The largest absolute Gasteiger partial charge is 0.332 e. The highest BCUT2D eigenvalue weighted by Crippen LogP contribution is 2.19. The molecule has 0 saturated carbocycles. The van der Waals surface area contributed by atoms with Crippen LogP contribution < -0.4 is 5.32 Å². The topological polar surface area (TPSA) is 29.1 Å². The molecular weight excluding hydrogens is 198 g/mol. The average Bonchev–Trinajstić information content (AvgIpc) is 2.43. The minimum Gasteiger partial charge on any atom is -0.332 e. The molecule has 1 amide bonds. The van der Waals surface area contributed by atoms with Crippen molar-refractivity contribution in [1.29, 1.82) is 0 Å². The molecule has 2 heteroatoms. The lowest BCUT2D eigenvalue weighted by Gasteiger charge is -2.07. The maximum absolute atomic E-state index is 11.3. The summed E-state index contributed by atoms with van der Waals surface area (Å²) in [6, 6.07) is 4.22. The van der Waals surface area contributed by atoms with E-state index in [0.717, 1.165) is 11.1 Å². The standard InChI is InChI=1S/C12H13NO.C2H6/c1-8-5-10-3-4-13-12(14)7-11(10)6-9(8)2;1-2/h3-6H,7H2,1-2H3,(H,13,14);1-2H3. The van der Waals surface area contributed by atoms with Crippen LogP contribution in [0.3, 0.4) is 0 Å². The summed E-state index contributed by atoms with van der Waals surface area (Å²) in [6.45, 7) is 8.16. The van der Waals surface area contributed by atoms with Gasteiger partial charge in [-0.15, -0.1) is 0 Å². The molecule has 0 atom stereocenters. The van der Waals surface area contributed by atoms with Gasteiger partial charge in [0.25, 0.3) is 0 Å². The molecule has 0 unspecified atom stereocenters. The first-order chi connectivity index (χ1) is 7.66. The number of carbonyl (C=O) groups is 1. The number of hydrogen-bond donors (Lipinski definition) is 1. The third-order valence-corrected chi connectivity index (χ3v) is 2.61. The lowest BCUT2D eigenvalue weighted by molar-refractivity contribution is -0.119. The van der Waals surface area contributed by atoms with Gasteiger partial charge in [-0.25, -0.2) is 0 Å². The van der Waals surface area contributed by atoms with Crippen LogP contribution in [0.15, 0.2) is 18.3 Å². The van der Waals surface area contributed by atoms with Gasteiger partial charge in [0.1, 0.15) is 0 Å². The zero-order valence-corrected chi connectivity index (χ0v) is 10.4. The Balaban J connectivity index is 0.000000606. The maximum atomic E-state index is 11.3. The number of rotatable bonds is 0. The van der Waals surface area contributed by atoms with Crippen molar-refractivity contribution in [2.24, 2.45) is 0 Å². The Morgan fingerprint density at radius 3 is 2.44 bits per heavy atom. The third kappa shape index (κ3) is 2.72. The minimum atomic E-state index is 0.0586. The van der Waals surface area contributed by atoms with Crippen LogP contribution >= 0.6 is 0 Å². The average molecular weight is 217 g/mol. The first-order valence-electron chi connectivity index (χ1n) is 5.73. The van der Waals surface area contributed by atoms with Gasteiger partial charge in [-0.1, -0.05) is 26.0 Å². The van der Waals surface area contributed by atoms with Crippen molar-refractivity contribution in [1.82, 2.24) is 5.32 Å². The predicted octanol–water partition coefficient (Wildman–Crippen LogP) is 2.97. The smallest absolute Gasteiger partial charge is 0.228 e. The Bertz CT molecular complexity index is 419. The normalized spacial score (nSPS) is 13.1. The molecule has 0 bridgehead atoms. The molecule has 0 saturated heterocycles. The summed E-state index contributed by atoms with van der Waals surface area (Å²) in [5.74, 6) is 0.0586. The number of amides is 1. The van der Waals surface area contributed by atoms with Crippen molar-refractivity contribution in [3.05, 3.63) is 40.6 Å². The summed E-state index contributed by atoms with van der Waals surface area (Å²) in [5, 5.41) is 2.71. The summed E-state index contributed by atoms with van der Waals surface area (Å²) in [6.07, 6.45) is 4.14. The van der Waals surface area contributed by atoms with Crippen LogP contribution in [-0.4, -0.2) is 5.91 Å². The summed E-state index contributed by atoms with van der Waals surface area (Å²) >= 11 is 0. The SMILES string of the molecule is CC.Cc1cc2c(cc1C)CC(=O)NC=C2. The van der Waals surface area contributed by atoms with E-state index in [1.54, 1.807) is 6.20 Å². The molecule has 1 aliphatic heterocycles. The molecular formula is C14H19NO. The van der Waals surface area contributed by atoms with E-state index in [-0.39, 0.29) is 5.91 Å². The third-order valence-electron chi connectivity index (χ3n) is 2.61. The van der Waals surface area contributed by atoms with Gasteiger partial charge in [-0.3, -0.25) is 4.79 Å². The van der Waals surface area contributed by atoms with Crippen LogP contribution in [0, 0.1) is 13.8 Å². The van der Waals surface area contributed by atoms with Gasteiger partial charge in [-0.05, 0) is 42.2 Å². The quantitative estimate of drug-likeness (QED) is 0.711. The summed E-state index contributed by atoms with van der Waals surface area (Å²) in [7, 11) is 0. The molecule has 1 aliphatic rings. The van der Waals surface area contributed by atoms with Crippen molar-refractivity contribution < 1.29 is 4.79 Å². The molecule has 0 aromatic heterocycles. The Labute approximate surface area is 97.4 Å². The molecule has 0 fully saturated rings. The molecule has 1 heterocycles. The summed E-state index contributed by atoms with van der Waals surface area (Å²) < 4.78 is 0. The van der Waals surface area contributed by atoms with Crippen LogP contribution in [0.5, 0.6) is 0 Å². The van der Waals surface area contributed by atoms with Crippen molar-refractivity contribution in [3.8, 4) is 0 Å². The van der Waals surface area contributed by atoms with Gasteiger partial charge in [0, 0.05) is 6.20 Å². The molecule has 2 nitrogen and oxygen atoms in total. The van der Waals surface area contributed by atoms with Crippen LogP contribution in [0.25, 0.3) is 6.08 Å². The molecule has 16 heavy (non-hydrogen) atoms. The Kier molecular flexibility index (Phi) is 4.29. The van der Waals surface area contributed by atoms with Crippen LogP contribution in [0.4, 0.5) is 0 Å². The zero-order chi connectivity index (χ0) is 12.1. The van der Waals surface area contributed by atoms with E-state index in [0.29, 0.717) is 6.42 Å². The fourth-order valence-electron chi connectivity index (χ4n) is 1.65. The van der Waals surface area contributed by atoms with Crippen molar-refractivity contribution in [2.45, 2.75) is 34.1 Å². The first-order valence-corrected chi connectivity index (χ1v) is 5.73. The lowest BCUT2D eigenvalue weighted by atomic mass is 9.98. The van der Waals surface area contributed by atoms with E-state index >= 15 is 0 Å². The number of aryl methyl sites for hydroxylation is 2. The predicted molar refractivity (Wildman–Crippen MR) is 68.1 cm³/mol. The van der Waals surface area contributed by atoms with E-state index in [1.807, 2.05) is 19.9 Å². The Morgan fingerprint density at radius 1 is 1.12 bits per heavy atom. The van der Waals surface area contributed by atoms with E-state index in [9.17, 15) is 4.79 Å².